The zero-order valence-electron chi connectivity index (χ0n) is 17.9. The lowest BCUT2D eigenvalue weighted by atomic mass is 9.72. The Labute approximate surface area is 181 Å². The van der Waals surface area contributed by atoms with E-state index in [1.165, 1.54) is 32.3 Å². The molecular formula is C22H27FN4O3S. The van der Waals surface area contributed by atoms with Gasteiger partial charge in [-0.3, -0.25) is 14.5 Å². The summed E-state index contributed by atoms with van der Waals surface area (Å²) in [6, 6.07) is 11.2. The molecule has 166 valence electrons. The van der Waals surface area contributed by atoms with Crippen LogP contribution in [0.4, 0.5) is 4.39 Å². The van der Waals surface area contributed by atoms with Gasteiger partial charge < -0.3 is 0 Å². The molecule has 1 aromatic heterocycles. The molecule has 1 saturated carbocycles. The first-order chi connectivity index (χ1) is 14.7. The molecule has 9 heteroatoms. The average molecular weight is 447 g/mol. The number of sulfonamides is 1. The number of nitrogens with zero attached hydrogens (tertiary/aromatic N) is 3. The number of nitrogens with one attached hydrogen (secondary N) is 1. The van der Waals surface area contributed by atoms with E-state index in [1.807, 2.05) is 6.92 Å². The lowest BCUT2D eigenvalue weighted by molar-refractivity contribution is 0.170. The SMILES string of the molecule is CCn1c(=O)n(CNC2(c3ccc(F)cc3)CCC2)c2cc(S(=O)(=O)N(C)C)ccc21. The van der Waals surface area contributed by atoms with Crippen LogP contribution in [0.25, 0.3) is 11.0 Å². The van der Waals surface area contributed by atoms with Crippen molar-refractivity contribution in [3.63, 3.8) is 0 Å². The minimum absolute atomic E-state index is 0.142. The highest BCUT2D eigenvalue weighted by atomic mass is 32.2. The summed E-state index contributed by atoms with van der Waals surface area (Å²) in [5, 5.41) is 3.50. The predicted molar refractivity (Wildman–Crippen MR) is 118 cm³/mol. The van der Waals surface area contributed by atoms with Crippen molar-refractivity contribution in [1.82, 2.24) is 18.8 Å². The monoisotopic (exact) mass is 446 g/mol. The van der Waals surface area contributed by atoms with Gasteiger partial charge in [0, 0.05) is 26.2 Å². The maximum atomic E-state index is 13.4. The molecule has 7 nitrogen and oxygen atoms in total. The number of hydrogen-bond donors (Lipinski definition) is 1. The van der Waals surface area contributed by atoms with Crippen LogP contribution in [-0.2, 0) is 28.8 Å². The van der Waals surface area contributed by atoms with Crippen molar-refractivity contribution >= 4 is 21.1 Å². The largest absolute Gasteiger partial charge is 0.330 e. The number of halogens is 1. The number of fused-ring (bicyclic) bond motifs is 1. The minimum atomic E-state index is -3.63. The smallest absolute Gasteiger partial charge is 0.292 e. The van der Waals surface area contributed by atoms with Crippen LogP contribution in [-0.4, -0.2) is 36.0 Å². The highest BCUT2D eigenvalue weighted by Crippen LogP contribution is 2.41. The Morgan fingerprint density at radius 1 is 1.06 bits per heavy atom. The number of benzene rings is 2. The fourth-order valence-electron chi connectivity index (χ4n) is 4.23. The number of hydrogen-bond acceptors (Lipinski definition) is 4. The van der Waals surface area contributed by atoms with Crippen LogP contribution in [0.15, 0.2) is 52.2 Å². The Kier molecular flexibility index (Phi) is 5.53. The van der Waals surface area contributed by atoms with Gasteiger partial charge >= 0.3 is 5.69 Å². The number of imidazole rings is 1. The van der Waals surface area contributed by atoms with Crippen LogP contribution in [0.1, 0.15) is 31.7 Å². The van der Waals surface area contributed by atoms with E-state index in [0.29, 0.717) is 17.6 Å². The molecule has 1 heterocycles. The summed E-state index contributed by atoms with van der Waals surface area (Å²) in [6.45, 7) is 2.59. The molecule has 2 aromatic carbocycles. The van der Waals surface area contributed by atoms with Crippen LogP contribution >= 0.6 is 0 Å². The van der Waals surface area contributed by atoms with E-state index in [1.54, 1.807) is 33.4 Å². The Morgan fingerprint density at radius 3 is 2.29 bits per heavy atom. The van der Waals surface area contributed by atoms with Gasteiger partial charge in [-0.1, -0.05) is 12.1 Å². The van der Waals surface area contributed by atoms with Crippen molar-refractivity contribution in [1.29, 1.82) is 0 Å². The van der Waals surface area contributed by atoms with Crippen molar-refractivity contribution in [3.8, 4) is 0 Å². The van der Waals surface area contributed by atoms with E-state index in [2.05, 4.69) is 5.32 Å². The molecule has 0 amide bonds. The van der Waals surface area contributed by atoms with E-state index in [9.17, 15) is 17.6 Å². The molecule has 0 spiro atoms. The molecule has 1 N–H and O–H groups in total. The lowest BCUT2D eigenvalue weighted by Crippen LogP contribution is -2.49. The van der Waals surface area contributed by atoms with Crippen LogP contribution in [0.2, 0.25) is 0 Å². The summed E-state index contributed by atoms with van der Waals surface area (Å²) in [7, 11) is -0.665. The lowest BCUT2D eigenvalue weighted by Gasteiger charge is -2.43. The zero-order valence-corrected chi connectivity index (χ0v) is 18.7. The fourth-order valence-corrected chi connectivity index (χ4v) is 5.15. The van der Waals surface area contributed by atoms with Crippen molar-refractivity contribution in [2.24, 2.45) is 0 Å². The van der Waals surface area contributed by atoms with Gasteiger partial charge in [-0.05, 0) is 62.1 Å². The van der Waals surface area contributed by atoms with E-state index < -0.39 is 10.0 Å². The second-order valence-corrected chi connectivity index (χ2v) is 10.3. The summed E-state index contributed by atoms with van der Waals surface area (Å²) < 4.78 is 43.0. The van der Waals surface area contributed by atoms with Crippen LogP contribution in [0.3, 0.4) is 0 Å². The van der Waals surface area contributed by atoms with Gasteiger partial charge in [-0.15, -0.1) is 0 Å². The van der Waals surface area contributed by atoms with Gasteiger partial charge in [0.15, 0.2) is 0 Å². The Hall–Kier alpha value is -2.49. The van der Waals surface area contributed by atoms with Gasteiger partial charge in [0.2, 0.25) is 10.0 Å². The number of aryl methyl sites for hydroxylation is 1. The van der Waals surface area contributed by atoms with Crippen LogP contribution in [0.5, 0.6) is 0 Å². The summed E-state index contributed by atoms with van der Waals surface area (Å²) in [6.07, 6.45) is 2.82. The van der Waals surface area contributed by atoms with Gasteiger partial charge in [-0.25, -0.2) is 21.9 Å². The van der Waals surface area contributed by atoms with Crippen LogP contribution in [0, 0.1) is 5.82 Å². The molecule has 0 saturated heterocycles. The second kappa shape index (κ2) is 7.89. The van der Waals surface area contributed by atoms with Crippen molar-refractivity contribution in [2.45, 2.75) is 49.8 Å². The van der Waals surface area contributed by atoms with Gasteiger partial charge in [0.05, 0.1) is 22.6 Å². The summed E-state index contributed by atoms with van der Waals surface area (Å²) >= 11 is 0. The quantitative estimate of drug-likeness (QED) is 0.606. The van der Waals surface area contributed by atoms with E-state index in [4.69, 9.17) is 0 Å². The molecule has 1 aliphatic carbocycles. The number of rotatable bonds is 7. The fraction of sp³-hybridized carbons (Fsp3) is 0.409. The third kappa shape index (κ3) is 3.60. The maximum Gasteiger partial charge on any atom is 0.330 e. The summed E-state index contributed by atoms with van der Waals surface area (Å²) in [5.41, 5.74) is 1.73. The minimum Gasteiger partial charge on any atom is -0.292 e. The second-order valence-electron chi connectivity index (χ2n) is 8.17. The summed E-state index contributed by atoms with van der Waals surface area (Å²) in [5.74, 6) is -0.282. The molecule has 31 heavy (non-hydrogen) atoms. The highest BCUT2D eigenvalue weighted by Gasteiger charge is 2.38. The molecule has 0 atom stereocenters. The van der Waals surface area contributed by atoms with E-state index >= 15 is 0 Å². The molecule has 3 aromatic rings. The maximum absolute atomic E-state index is 13.4. The van der Waals surface area contributed by atoms with E-state index in [0.717, 1.165) is 29.1 Å². The average Bonchev–Trinajstić information content (AvgIpc) is 2.98. The Bertz CT molecular complexity index is 1270. The van der Waals surface area contributed by atoms with E-state index in [-0.39, 0.29) is 28.6 Å². The van der Waals surface area contributed by atoms with Gasteiger partial charge in [0.1, 0.15) is 5.82 Å². The molecule has 0 radical (unpaired) electrons. The molecule has 0 unspecified atom stereocenters. The molecule has 0 aliphatic heterocycles. The zero-order chi connectivity index (χ0) is 22.4. The number of aromatic nitrogens is 2. The first-order valence-electron chi connectivity index (χ1n) is 10.4. The van der Waals surface area contributed by atoms with Gasteiger partial charge in [0.25, 0.3) is 0 Å². The molecular weight excluding hydrogens is 419 g/mol. The molecule has 4 rings (SSSR count). The topological polar surface area (TPSA) is 76.3 Å². The predicted octanol–water partition coefficient (Wildman–Crippen LogP) is 2.84. The standard InChI is InChI=1S/C22H27FN4O3S/c1-4-26-19-11-10-18(31(29,30)25(2)3)14-20(19)27(21(26)28)15-24-22(12-5-13-22)16-6-8-17(23)9-7-16/h6-11,14,24H,4-5,12-13,15H2,1-3H3. The van der Waals surface area contributed by atoms with Crippen molar-refractivity contribution in [3.05, 3.63) is 64.3 Å². The normalized spacial score (nSPS) is 16.0. The highest BCUT2D eigenvalue weighted by molar-refractivity contribution is 7.89. The molecule has 1 aliphatic rings. The summed E-state index contributed by atoms with van der Waals surface area (Å²) in [4.78, 5) is 13.2. The third-order valence-corrected chi connectivity index (χ3v) is 8.08. The third-order valence-electron chi connectivity index (χ3n) is 6.26. The first kappa shape index (κ1) is 21.7. The van der Waals surface area contributed by atoms with Gasteiger partial charge in [-0.2, -0.15) is 0 Å². The molecule has 1 fully saturated rings. The first-order valence-corrected chi connectivity index (χ1v) is 11.8. The van der Waals surface area contributed by atoms with Crippen molar-refractivity contribution in [2.75, 3.05) is 14.1 Å². The Balaban J connectivity index is 1.75. The van der Waals surface area contributed by atoms with Crippen molar-refractivity contribution < 1.29 is 12.8 Å². The Morgan fingerprint density at radius 2 is 1.74 bits per heavy atom. The molecule has 0 bridgehead atoms. The van der Waals surface area contributed by atoms with Crippen LogP contribution < -0.4 is 11.0 Å².